The number of carbonyl (C=O) groups is 1. The van der Waals surface area contributed by atoms with Crippen LogP contribution in [0.4, 0.5) is 0 Å². The van der Waals surface area contributed by atoms with Crippen LogP contribution in [0.15, 0.2) is 24.3 Å². The fourth-order valence-corrected chi connectivity index (χ4v) is 2.68. The van der Waals surface area contributed by atoms with Crippen LogP contribution in [-0.4, -0.2) is 21.2 Å². The molecule has 0 radical (unpaired) electrons. The SMILES string of the molecule is Cc1nc(-c2ccc(O)cc2)sc1CCC(=O)O. The Hall–Kier alpha value is -1.88. The van der Waals surface area contributed by atoms with Crippen molar-refractivity contribution >= 4 is 17.3 Å². The van der Waals surface area contributed by atoms with Gasteiger partial charge in [0.05, 0.1) is 12.1 Å². The fourth-order valence-electron chi connectivity index (χ4n) is 1.61. The van der Waals surface area contributed by atoms with E-state index in [1.165, 1.54) is 11.3 Å². The molecule has 2 aromatic rings. The zero-order chi connectivity index (χ0) is 13.1. The molecule has 4 nitrogen and oxygen atoms in total. The number of carboxylic acid groups (broad SMARTS) is 1. The van der Waals surface area contributed by atoms with E-state index >= 15 is 0 Å². The number of aromatic nitrogens is 1. The summed E-state index contributed by atoms with van der Waals surface area (Å²) >= 11 is 1.50. The predicted molar refractivity (Wildman–Crippen MR) is 69.9 cm³/mol. The summed E-state index contributed by atoms with van der Waals surface area (Å²) in [6.45, 7) is 1.89. The molecule has 0 aliphatic carbocycles. The molecule has 1 aromatic carbocycles. The quantitative estimate of drug-likeness (QED) is 0.889. The number of benzene rings is 1. The van der Waals surface area contributed by atoms with Gasteiger partial charge in [0.15, 0.2) is 0 Å². The van der Waals surface area contributed by atoms with Crippen LogP contribution >= 0.6 is 11.3 Å². The van der Waals surface area contributed by atoms with Gasteiger partial charge < -0.3 is 10.2 Å². The first-order valence-corrected chi connectivity index (χ1v) is 6.35. The van der Waals surface area contributed by atoms with Gasteiger partial charge in [-0.1, -0.05) is 0 Å². The molecule has 18 heavy (non-hydrogen) atoms. The minimum absolute atomic E-state index is 0.123. The van der Waals surface area contributed by atoms with E-state index in [4.69, 9.17) is 5.11 Å². The zero-order valence-electron chi connectivity index (χ0n) is 9.88. The lowest BCUT2D eigenvalue weighted by Crippen LogP contribution is -1.96. The summed E-state index contributed by atoms with van der Waals surface area (Å²) in [5, 5.41) is 18.8. The Morgan fingerprint density at radius 2 is 2.00 bits per heavy atom. The molecule has 0 bridgehead atoms. The van der Waals surface area contributed by atoms with E-state index in [1.54, 1.807) is 24.3 Å². The van der Waals surface area contributed by atoms with E-state index in [-0.39, 0.29) is 12.2 Å². The van der Waals surface area contributed by atoms with Gasteiger partial charge in [-0.25, -0.2) is 4.98 Å². The topological polar surface area (TPSA) is 70.4 Å². The average Bonchev–Trinajstić information content (AvgIpc) is 2.69. The Morgan fingerprint density at radius 1 is 1.33 bits per heavy atom. The zero-order valence-corrected chi connectivity index (χ0v) is 10.7. The Kier molecular flexibility index (Phi) is 3.62. The lowest BCUT2D eigenvalue weighted by atomic mass is 10.2. The Bertz CT molecular complexity index is 560. The fraction of sp³-hybridized carbons (Fsp3) is 0.231. The van der Waals surface area contributed by atoms with E-state index in [2.05, 4.69) is 4.98 Å². The molecule has 2 rings (SSSR count). The molecule has 0 spiro atoms. The Balaban J connectivity index is 2.22. The highest BCUT2D eigenvalue weighted by Crippen LogP contribution is 2.29. The lowest BCUT2D eigenvalue weighted by molar-refractivity contribution is -0.136. The van der Waals surface area contributed by atoms with Crippen molar-refractivity contribution in [3.05, 3.63) is 34.8 Å². The summed E-state index contributed by atoms with van der Waals surface area (Å²) in [4.78, 5) is 16.0. The third kappa shape index (κ3) is 2.87. The molecule has 5 heteroatoms. The molecule has 0 fully saturated rings. The summed E-state index contributed by atoms with van der Waals surface area (Å²) in [7, 11) is 0. The molecule has 94 valence electrons. The van der Waals surface area contributed by atoms with Crippen molar-refractivity contribution in [3.63, 3.8) is 0 Å². The van der Waals surface area contributed by atoms with Gasteiger partial charge in [-0.05, 0) is 37.6 Å². The number of nitrogens with zero attached hydrogens (tertiary/aromatic N) is 1. The number of phenols is 1. The van der Waals surface area contributed by atoms with Gasteiger partial charge in [-0.15, -0.1) is 11.3 Å². The highest BCUT2D eigenvalue weighted by Gasteiger charge is 2.10. The van der Waals surface area contributed by atoms with E-state index < -0.39 is 5.97 Å². The maximum atomic E-state index is 10.6. The van der Waals surface area contributed by atoms with Crippen molar-refractivity contribution in [2.45, 2.75) is 19.8 Å². The van der Waals surface area contributed by atoms with Crippen molar-refractivity contribution in [1.29, 1.82) is 0 Å². The standard InChI is InChI=1S/C13H13NO3S/c1-8-11(6-7-12(16)17)18-13(14-8)9-2-4-10(15)5-3-9/h2-5,15H,6-7H2,1H3,(H,16,17). The van der Waals surface area contributed by atoms with Crippen molar-refractivity contribution in [3.8, 4) is 16.3 Å². The highest BCUT2D eigenvalue weighted by molar-refractivity contribution is 7.15. The smallest absolute Gasteiger partial charge is 0.303 e. The predicted octanol–water partition coefficient (Wildman–Crippen LogP) is 2.84. The number of aromatic hydroxyl groups is 1. The summed E-state index contributed by atoms with van der Waals surface area (Å²) in [6, 6.07) is 6.83. The van der Waals surface area contributed by atoms with Gasteiger partial charge in [0.25, 0.3) is 0 Å². The van der Waals surface area contributed by atoms with Crippen LogP contribution in [0.3, 0.4) is 0 Å². The third-order valence-corrected chi connectivity index (χ3v) is 3.84. The van der Waals surface area contributed by atoms with Crippen molar-refractivity contribution in [2.75, 3.05) is 0 Å². The number of aliphatic carboxylic acids is 1. The number of thiazole rings is 1. The maximum Gasteiger partial charge on any atom is 0.303 e. The molecule has 0 aliphatic heterocycles. The third-order valence-electron chi connectivity index (χ3n) is 2.57. The second-order valence-electron chi connectivity index (χ2n) is 3.97. The highest BCUT2D eigenvalue weighted by atomic mass is 32.1. The number of hydrogen-bond acceptors (Lipinski definition) is 4. The Morgan fingerprint density at radius 3 is 2.61 bits per heavy atom. The summed E-state index contributed by atoms with van der Waals surface area (Å²) in [5.74, 6) is -0.577. The summed E-state index contributed by atoms with van der Waals surface area (Å²) < 4.78 is 0. The first kappa shape index (κ1) is 12.6. The van der Waals surface area contributed by atoms with E-state index in [0.717, 1.165) is 21.1 Å². The maximum absolute atomic E-state index is 10.6. The van der Waals surface area contributed by atoms with Crippen molar-refractivity contribution in [2.24, 2.45) is 0 Å². The Labute approximate surface area is 109 Å². The van der Waals surface area contributed by atoms with E-state index in [1.807, 2.05) is 6.92 Å². The average molecular weight is 263 g/mol. The molecule has 2 N–H and O–H groups in total. The molecule has 0 unspecified atom stereocenters. The van der Waals surface area contributed by atoms with Gasteiger partial charge in [0.2, 0.25) is 0 Å². The van der Waals surface area contributed by atoms with Gasteiger partial charge >= 0.3 is 5.97 Å². The number of hydrogen-bond donors (Lipinski definition) is 2. The molecule has 0 saturated heterocycles. The molecule has 0 saturated carbocycles. The largest absolute Gasteiger partial charge is 0.508 e. The van der Waals surface area contributed by atoms with Gasteiger partial charge in [0.1, 0.15) is 10.8 Å². The van der Waals surface area contributed by atoms with Crippen LogP contribution < -0.4 is 0 Å². The molecule has 0 atom stereocenters. The van der Waals surface area contributed by atoms with Crippen molar-refractivity contribution in [1.82, 2.24) is 4.98 Å². The number of carboxylic acids is 1. The van der Waals surface area contributed by atoms with E-state index in [9.17, 15) is 9.90 Å². The van der Waals surface area contributed by atoms with Crippen LogP contribution in [-0.2, 0) is 11.2 Å². The molecular formula is C13H13NO3S. The minimum atomic E-state index is -0.797. The van der Waals surface area contributed by atoms with E-state index in [0.29, 0.717) is 6.42 Å². The van der Waals surface area contributed by atoms with Gasteiger partial charge in [0, 0.05) is 10.4 Å². The van der Waals surface area contributed by atoms with Crippen LogP contribution in [0.2, 0.25) is 0 Å². The van der Waals surface area contributed by atoms with Crippen LogP contribution in [0.5, 0.6) is 5.75 Å². The molecule has 0 amide bonds. The molecular weight excluding hydrogens is 250 g/mol. The monoisotopic (exact) mass is 263 g/mol. The molecule has 1 heterocycles. The summed E-state index contributed by atoms with van der Waals surface area (Å²) in [6.07, 6.45) is 0.634. The van der Waals surface area contributed by atoms with Crippen LogP contribution in [0, 0.1) is 6.92 Å². The second kappa shape index (κ2) is 5.18. The number of rotatable bonds is 4. The first-order chi connectivity index (χ1) is 8.56. The van der Waals surface area contributed by atoms with Crippen LogP contribution in [0.25, 0.3) is 10.6 Å². The van der Waals surface area contributed by atoms with Crippen molar-refractivity contribution < 1.29 is 15.0 Å². The number of phenolic OH excluding ortho intramolecular Hbond substituents is 1. The molecule has 0 aliphatic rings. The van der Waals surface area contributed by atoms with Gasteiger partial charge in [-0.3, -0.25) is 4.79 Å². The molecule has 1 aromatic heterocycles. The number of aryl methyl sites for hydroxylation is 2. The second-order valence-corrected chi connectivity index (χ2v) is 5.05. The normalized spacial score (nSPS) is 10.5. The minimum Gasteiger partial charge on any atom is -0.508 e. The van der Waals surface area contributed by atoms with Gasteiger partial charge in [-0.2, -0.15) is 0 Å². The lowest BCUT2D eigenvalue weighted by Gasteiger charge is -1.95. The summed E-state index contributed by atoms with van der Waals surface area (Å²) in [5.41, 5.74) is 1.81. The van der Waals surface area contributed by atoms with Crippen LogP contribution in [0.1, 0.15) is 17.0 Å². The first-order valence-electron chi connectivity index (χ1n) is 5.54.